The van der Waals surface area contributed by atoms with Crippen LogP contribution in [0.2, 0.25) is 5.02 Å². The van der Waals surface area contributed by atoms with E-state index in [1.807, 2.05) is 57.2 Å². The number of nitrogens with zero attached hydrogens (tertiary/aromatic N) is 1. The molecule has 0 radical (unpaired) electrons. The number of carbonyl (C=O) groups excluding carboxylic acids is 2. The molecule has 0 unspecified atom stereocenters. The lowest BCUT2D eigenvalue weighted by Crippen LogP contribution is -2.48. The van der Waals surface area contributed by atoms with Crippen molar-refractivity contribution in [2.75, 3.05) is 26.3 Å². The fourth-order valence-corrected chi connectivity index (χ4v) is 3.66. The maximum atomic E-state index is 12.5. The van der Waals surface area contributed by atoms with Crippen molar-refractivity contribution in [3.8, 4) is 11.5 Å². The highest BCUT2D eigenvalue weighted by atomic mass is 35.5. The number of likely N-dealkylation sites (tertiary alicyclic amines) is 1. The number of carbonyl (C=O) groups is 2. The Labute approximate surface area is 188 Å². The summed E-state index contributed by atoms with van der Waals surface area (Å²) in [5, 5.41) is 3.70. The van der Waals surface area contributed by atoms with Crippen LogP contribution in [0, 0.1) is 20.8 Å². The van der Waals surface area contributed by atoms with Gasteiger partial charge in [-0.05, 0) is 69.0 Å². The first-order chi connectivity index (χ1) is 14.8. The standard InChI is InChI=1S/C24H29ClN2O4/c1-16-4-6-20(7-5-16)30-14-22(28)26-19-8-10-27(11-9-19)23(29)15-31-21-12-17(2)24(25)18(3)13-21/h4-7,12-13,19H,8-11,14-15H2,1-3H3,(H,26,28). The van der Waals surface area contributed by atoms with E-state index in [2.05, 4.69) is 5.32 Å². The van der Waals surface area contributed by atoms with Crippen LogP contribution in [0.4, 0.5) is 0 Å². The van der Waals surface area contributed by atoms with Gasteiger partial charge >= 0.3 is 0 Å². The van der Waals surface area contributed by atoms with Gasteiger partial charge < -0.3 is 19.7 Å². The van der Waals surface area contributed by atoms with Gasteiger partial charge in [-0.15, -0.1) is 0 Å². The Kier molecular flexibility index (Phi) is 7.80. The van der Waals surface area contributed by atoms with Crippen molar-refractivity contribution in [2.24, 2.45) is 0 Å². The average molecular weight is 445 g/mol. The normalized spacial score (nSPS) is 14.3. The zero-order chi connectivity index (χ0) is 22.4. The molecule has 7 heteroatoms. The van der Waals surface area contributed by atoms with Crippen molar-refractivity contribution >= 4 is 23.4 Å². The van der Waals surface area contributed by atoms with E-state index in [4.69, 9.17) is 21.1 Å². The average Bonchev–Trinajstić information content (AvgIpc) is 2.76. The number of halogens is 1. The molecule has 1 saturated heterocycles. The van der Waals surface area contributed by atoms with Gasteiger partial charge in [-0.25, -0.2) is 0 Å². The van der Waals surface area contributed by atoms with Crippen molar-refractivity contribution in [3.63, 3.8) is 0 Å². The first-order valence-corrected chi connectivity index (χ1v) is 10.9. The number of hydrogen-bond acceptors (Lipinski definition) is 4. The molecule has 1 N–H and O–H groups in total. The van der Waals surface area contributed by atoms with Crippen LogP contribution in [0.5, 0.6) is 11.5 Å². The minimum absolute atomic E-state index is 0.0120. The number of amides is 2. The second-order valence-electron chi connectivity index (χ2n) is 7.98. The Morgan fingerprint density at radius 1 is 0.968 bits per heavy atom. The van der Waals surface area contributed by atoms with Crippen molar-refractivity contribution in [1.82, 2.24) is 10.2 Å². The summed E-state index contributed by atoms with van der Waals surface area (Å²) in [7, 11) is 0. The molecule has 1 aliphatic heterocycles. The van der Waals surface area contributed by atoms with E-state index < -0.39 is 0 Å². The molecule has 1 fully saturated rings. The number of hydrogen-bond donors (Lipinski definition) is 1. The lowest BCUT2D eigenvalue weighted by molar-refractivity contribution is -0.134. The molecule has 166 valence electrons. The summed E-state index contributed by atoms with van der Waals surface area (Å²) >= 11 is 6.17. The first kappa shape index (κ1) is 22.9. The van der Waals surface area contributed by atoms with Crippen LogP contribution < -0.4 is 14.8 Å². The second-order valence-corrected chi connectivity index (χ2v) is 8.36. The lowest BCUT2D eigenvalue weighted by Gasteiger charge is -2.32. The zero-order valence-electron chi connectivity index (χ0n) is 18.2. The third-order valence-electron chi connectivity index (χ3n) is 5.38. The van der Waals surface area contributed by atoms with Gasteiger partial charge in [-0.2, -0.15) is 0 Å². The molecule has 31 heavy (non-hydrogen) atoms. The first-order valence-electron chi connectivity index (χ1n) is 10.5. The minimum Gasteiger partial charge on any atom is -0.484 e. The Balaban J connectivity index is 1.38. The van der Waals surface area contributed by atoms with Gasteiger partial charge in [0, 0.05) is 24.2 Å². The van der Waals surface area contributed by atoms with E-state index in [0.717, 1.165) is 16.7 Å². The van der Waals surface area contributed by atoms with Crippen molar-refractivity contribution in [1.29, 1.82) is 0 Å². The molecule has 2 amide bonds. The maximum Gasteiger partial charge on any atom is 0.260 e. The summed E-state index contributed by atoms with van der Waals surface area (Å²) in [6.07, 6.45) is 1.42. The Bertz CT molecular complexity index is 899. The van der Waals surface area contributed by atoms with Crippen LogP contribution in [0.15, 0.2) is 36.4 Å². The van der Waals surface area contributed by atoms with Gasteiger partial charge in [-0.1, -0.05) is 29.3 Å². The van der Waals surface area contributed by atoms with Gasteiger partial charge in [0.15, 0.2) is 13.2 Å². The highest BCUT2D eigenvalue weighted by molar-refractivity contribution is 6.32. The van der Waals surface area contributed by atoms with Gasteiger partial charge in [0.05, 0.1) is 0 Å². The van der Waals surface area contributed by atoms with E-state index in [1.165, 1.54) is 0 Å². The topological polar surface area (TPSA) is 67.9 Å². The largest absolute Gasteiger partial charge is 0.484 e. The third kappa shape index (κ3) is 6.62. The molecule has 0 bridgehead atoms. The summed E-state index contributed by atoms with van der Waals surface area (Å²) in [6.45, 7) is 6.97. The molecular formula is C24H29ClN2O4. The van der Waals surface area contributed by atoms with E-state index >= 15 is 0 Å². The highest BCUT2D eigenvalue weighted by Crippen LogP contribution is 2.26. The fourth-order valence-electron chi connectivity index (χ4n) is 3.55. The van der Waals surface area contributed by atoms with Crippen LogP contribution in [0.25, 0.3) is 0 Å². The molecule has 2 aromatic carbocycles. The minimum atomic E-state index is -0.151. The Morgan fingerprint density at radius 3 is 2.16 bits per heavy atom. The summed E-state index contributed by atoms with van der Waals surface area (Å²) in [5.41, 5.74) is 2.99. The van der Waals surface area contributed by atoms with Crippen molar-refractivity contribution < 1.29 is 19.1 Å². The number of benzene rings is 2. The molecular weight excluding hydrogens is 416 g/mol. The number of aryl methyl sites for hydroxylation is 3. The number of piperidine rings is 1. The Hall–Kier alpha value is -2.73. The summed E-state index contributed by atoms with van der Waals surface area (Å²) in [4.78, 5) is 26.4. The molecule has 1 heterocycles. The molecule has 6 nitrogen and oxygen atoms in total. The van der Waals surface area contributed by atoms with E-state index in [0.29, 0.717) is 42.5 Å². The number of nitrogens with one attached hydrogen (secondary N) is 1. The SMILES string of the molecule is Cc1ccc(OCC(=O)NC2CCN(C(=O)COc3cc(C)c(Cl)c(C)c3)CC2)cc1. The van der Waals surface area contributed by atoms with Crippen LogP contribution >= 0.6 is 11.6 Å². The maximum absolute atomic E-state index is 12.5. The van der Waals surface area contributed by atoms with E-state index in [-0.39, 0.29) is 31.1 Å². The monoisotopic (exact) mass is 444 g/mol. The molecule has 0 atom stereocenters. The van der Waals surface area contributed by atoms with Gasteiger partial charge in [0.1, 0.15) is 11.5 Å². The highest BCUT2D eigenvalue weighted by Gasteiger charge is 2.24. The van der Waals surface area contributed by atoms with Gasteiger partial charge in [0.25, 0.3) is 11.8 Å². The van der Waals surface area contributed by atoms with Crippen LogP contribution in [-0.4, -0.2) is 49.1 Å². The Morgan fingerprint density at radius 2 is 1.55 bits per heavy atom. The predicted molar refractivity (Wildman–Crippen MR) is 121 cm³/mol. The van der Waals surface area contributed by atoms with Crippen LogP contribution in [-0.2, 0) is 9.59 Å². The number of ether oxygens (including phenoxy) is 2. The van der Waals surface area contributed by atoms with E-state index in [1.54, 1.807) is 4.90 Å². The fraction of sp³-hybridized carbons (Fsp3) is 0.417. The lowest BCUT2D eigenvalue weighted by atomic mass is 10.1. The molecule has 3 rings (SSSR count). The quantitative estimate of drug-likeness (QED) is 0.704. The molecule has 0 spiro atoms. The molecule has 0 aliphatic carbocycles. The molecule has 0 aromatic heterocycles. The summed E-state index contributed by atoms with van der Waals surface area (Å²) in [5.74, 6) is 1.11. The molecule has 0 saturated carbocycles. The second kappa shape index (κ2) is 10.5. The smallest absolute Gasteiger partial charge is 0.260 e. The summed E-state index contributed by atoms with van der Waals surface area (Å²) < 4.78 is 11.2. The molecule has 1 aliphatic rings. The summed E-state index contributed by atoms with van der Waals surface area (Å²) in [6, 6.07) is 11.3. The zero-order valence-corrected chi connectivity index (χ0v) is 19.0. The van der Waals surface area contributed by atoms with Crippen molar-refractivity contribution in [3.05, 3.63) is 58.1 Å². The van der Waals surface area contributed by atoms with Gasteiger partial charge in [-0.3, -0.25) is 9.59 Å². The number of rotatable bonds is 7. The van der Waals surface area contributed by atoms with Crippen molar-refractivity contribution in [2.45, 2.75) is 39.7 Å². The predicted octanol–water partition coefficient (Wildman–Crippen LogP) is 3.83. The van der Waals surface area contributed by atoms with Crippen LogP contribution in [0.3, 0.4) is 0 Å². The van der Waals surface area contributed by atoms with Crippen LogP contribution in [0.1, 0.15) is 29.5 Å². The van der Waals surface area contributed by atoms with Gasteiger partial charge in [0.2, 0.25) is 0 Å². The third-order valence-corrected chi connectivity index (χ3v) is 5.97. The molecule has 2 aromatic rings. The van der Waals surface area contributed by atoms with E-state index in [9.17, 15) is 9.59 Å².